The Balaban J connectivity index is 2.36. The van der Waals surface area contributed by atoms with Crippen molar-refractivity contribution in [3.05, 3.63) is 58.8 Å². The van der Waals surface area contributed by atoms with Crippen molar-refractivity contribution < 1.29 is 5.11 Å². The summed E-state index contributed by atoms with van der Waals surface area (Å²) in [6, 6.07) is 9.85. The van der Waals surface area contributed by atoms with Gasteiger partial charge in [-0.25, -0.2) is 4.98 Å². The van der Waals surface area contributed by atoms with Gasteiger partial charge in [0.05, 0.1) is 0 Å². The molecule has 0 fully saturated rings. The number of nitrogen functional groups attached to an aromatic ring is 1. The fourth-order valence-corrected chi connectivity index (χ4v) is 2.18. The number of aliphatic hydroxyl groups is 1. The van der Waals surface area contributed by atoms with Crippen LogP contribution in [0.2, 0.25) is 0 Å². The molecule has 19 heavy (non-hydrogen) atoms. The van der Waals surface area contributed by atoms with Gasteiger partial charge in [-0.05, 0) is 35.6 Å². The molecule has 3 N–H and O–H groups in total. The van der Waals surface area contributed by atoms with Crippen LogP contribution in [0.1, 0.15) is 48.1 Å². The zero-order valence-corrected chi connectivity index (χ0v) is 11.6. The first-order chi connectivity index (χ1) is 9.00. The molecule has 1 aromatic heterocycles. The first-order valence-corrected chi connectivity index (χ1v) is 6.49. The maximum atomic E-state index is 10.5. The standard InChI is InChI=1S/C16H20N2O/c1-10(2)12-4-6-13(7-5-12)15(19)14-11(3)8-9-18-16(14)17/h4-10,15,19H,1-3H3,(H2,17,18). The number of benzene rings is 1. The molecular weight excluding hydrogens is 236 g/mol. The Morgan fingerprint density at radius 2 is 1.63 bits per heavy atom. The van der Waals surface area contributed by atoms with Gasteiger partial charge in [-0.3, -0.25) is 0 Å². The zero-order chi connectivity index (χ0) is 14.0. The zero-order valence-electron chi connectivity index (χ0n) is 11.6. The number of hydrogen-bond acceptors (Lipinski definition) is 3. The molecule has 1 aromatic carbocycles. The molecular formula is C16H20N2O. The van der Waals surface area contributed by atoms with Crippen LogP contribution in [0.3, 0.4) is 0 Å². The number of nitrogens with two attached hydrogens (primary N) is 1. The van der Waals surface area contributed by atoms with E-state index in [0.717, 1.165) is 11.1 Å². The summed E-state index contributed by atoms with van der Waals surface area (Å²) in [5, 5.41) is 10.5. The second-order valence-corrected chi connectivity index (χ2v) is 5.15. The van der Waals surface area contributed by atoms with Crippen molar-refractivity contribution in [3.63, 3.8) is 0 Å². The Bertz CT molecular complexity index is 541. The van der Waals surface area contributed by atoms with Crippen molar-refractivity contribution in [1.82, 2.24) is 4.98 Å². The predicted octanol–water partition coefficient (Wildman–Crippen LogP) is 3.18. The molecule has 2 aromatic rings. The second kappa shape index (κ2) is 5.41. The van der Waals surface area contributed by atoms with E-state index in [1.165, 1.54) is 5.56 Å². The number of aliphatic hydroxyl groups excluding tert-OH is 1. The van der Waals surface area contributed by atoms with Crippen LogP contribution in [0.15, 0.2) is 36.5 Å². The summed E-state index contributed by atoms with van der Waals surface area (Å²) in [6.07, 6.45) is 0.929. The minimum absolute atomic E-state index is 0.389. The normalized spacial score (nSPS) is 12.7. The third kappa shape index (κ3) is 2.76. The maximum Gasteiger partial charge on any atom is 0.129 e. The van der Waals surface area contributed by atoms with Crippen LogP contribution < -0.4 is 5.73 Å². The van der Waals surface area contributed by atoms with Crippen molar-refractivity contribution in [2.45, 2.75) is 32.8 Å². The fraction of sp³-hybridized carbons (Fsp3) is 0.312. The Morgan fingerprint density at radius 1 is 1.05 bits per heavy atom. The molecule has 3 heteroatoms. The van der Waals surface area contributed by atoms with Gasteiger partial charge in [0.1, 0.15) is 11.9 Å². The van der Waals surface area contributed by atoms with Gasteiger partial charge in [-0.15, -0.1) is 0 Å². The smallest absolute Gasteiger partial charge is 0.129 e. The van der Waals surface area contributed by atoms with Gasteiger partial charge in [0, 0.05) is 11.8 Å². The van der Waals surface area contributed by atoms with E-state index in [0.29, 0.717) is 17.3 Å². The third-order valence-corrected chi connectivity index (χ3v) is 3.43. The highest BCUT2D eigenvalue weighted by Gasteiger charge is 2.16. The van der Waals surface area contributed by atoms with Gasteiger partial charge in [0.15, 0.2) is 0 Å². The number of hydrogen-bond donors (Lipinski definition) is 2. The topological polar surface area (TPSA) is 59.1 Å². The SMILES string of the molecule is Cc1ccnc(N)c1C(O)c1ccc(C(C)C)cc1. The van der Waals surface area contributed by atoms with Crippen molar-refractivity contribution in [1.29, 1.82) is 0 Å². The summed E-state index contributed by atoms with van der Waals surface area (Å²) in [6.45, 7) is 6.22. The van der Waals surface area contributed by atoms with Crippen LogP contribution in [0.5, 0.6) is 0 Å². The summed E-state index contributed by atoms with van der Waals surface area (Å²) >= 11 is 0. The molecule has 0 spiro atoms. The monoisotopic (exact) mass is 256 g/mol. The summed E-state index contributed by atoms with van der Waals surface area (Å²) in [5.74, 6) is 0.872. The quantitative estimate of drug-likeness (QED) is 0.886. The lowest BCUT2D eigenvalue weighted by molar-refractivity contribution is 0.220. The molecule has 0 radical (unpaired) electrons. The average molecular weight is 256 g/mol. The van der Waals surface area contributed by atoms with Crippen molar-refractivity contribution in [3.8, 4) is 0 Å². The number of pyridine rings is 1. The van der Waals surface area contributed by atoms with E-state index in [1.54, 1.807) is 6.20 Å². The Labute approximate surface area is 114 Å². The average Bonchev–Trinajstić information content (AvgIpc) is 2.38. The summed E-state index contributed by atoms with van der Waals surface area (Å²) in [4.78, 5) is 4.05. The molecule has 0 aliphatic carbocycles. The van der Waals surface area contributed by atoms with Crippen LogP contribution in [0, 0.1) is 6.92 Å². The highest BCUT2D eigenvalue weighted by Crippen LogP contribution is 2.29. The van der Waals surface area contributed by atoms with Gasteiger partial charge in [0.2, 0.25) is 0 Å². The molecule has 2 rings (SSSR count). The minimum Gasteiger partial charge on any atom is -0.384 e. The molecule has 0 amide bonds. The van der Waals surface area contributed by atoms with Gasteiger partial charge < -0.3 is 10.8 Å². The predicted molar refractivity (Wildman–Crippen MR) is 78.0 cm³/mol. The van der Waals surface area contributed by atoms with E-state index in [-0.39, 0.29) is 0 Å². The Hall–Kier alpha value is -1.87. The minimum atomic E-state index is -0.727. The van der Waals surface area contributed by atoms with Crippen LogP contribution in [-0.4, -0.2) is 10.1 Å². The Morgan fingerprint density at radius 3 is 2.16 bits per heavy atom. The van der Waals surface area contributed by atoms with Gasteiger partial charge in [0.25, 0.3) is 0 Å². The van der Waals surface area contributed by atoms with Gasteiger partial charge >= 0.3 is 0 Å². The third-order valence-electron chi connectivity index (χ3n) is 3.43. The number of aryl methyl sites for hydroxylation is 1. The number of nitrogens with zero attached hydrogens (tertiary/aromatic N) is 1. The van der Waals surface area contributed by atoms with E-state index in [9.17, 15) is 5.11 Å². The van der Waals surface area contributed by atoms with Crippen LogP contribution in [0.4, 0.5) is 5.82 Å². The van der Waals surface area contributed by atoms with Crippen LogP contribution in [0.25, 0.3) is 0 Å². The lowest BCUT2D eigenvalue weighted by atomic mass is 9.95. The van der Waals surface area contributed by atoms with Gasteiger partial charge in [-0.2, -0.15) is 0 Å². The van der Waals surface area contributed by atoms with Crippen molar-refractivity contribution in [2.24, 2.45) is 0 Å². The number of rotatable bonds is 3. The van der Waals surface area contributed by atoms with Crippen molar-refractivity contribution in [2.75, 3.05) is 5.73 Å². The molecule has 0 bridgehead atoms. The number of aromatic nitrogens is 1. The van der Waals surface area contributed by atoms with E-state index >= 15 is 0 Å². The highest BCUT2D eigenvalue weighted by molar-refractivity contribution is 5.49. The summed E-state index contributed by atoms with van der Waals surface area (Å²) in [5.41, 5.74) is 9.61. The molecule has 3 nitrogen and oxygen atoms in total. The lowest BCUT2D eigenvalue weighted by Gasteiger charge is -2.16. The van der Waals surface area contributed by atoms with Crippen LogP contribution >= 0.6 is 0 Å². The van der Waals surface area contributed by atoms with E-state index in [1.807, 2.05) is 37.3 Å². The maximum absolute atomic E-state index is 10.5. The fourth-order valence-electron chi connectivity index (χ4n) is 2.18. The molecule has 1 heterocycles. The Kier molecular flexibility index (Phi) is 3.86. The highest BCUT2D eigenvalue weighted by atomic mass is 16.3. The van der Waals surface area contributed by atoms with E-state index in [4.69, 9.17) is 5.73 Å². The second-order valence-electron chi connectivity index (χ2n) is 5.15. The molecule has 0 aliphatic rings. The molecule has 0 saturated carbocycles. The molecule has 1 unspecified atom stereocenters. The van der Waals surface area contributed by atoms with Crippen LogP contribution in [-0.2, 0) is 0 Å². The van der Waals surface area contributed by atoms with Crippen molar-refractivity contribution >= 4 is 5.82 Å². The molecule has 1 atom stereocenters. The first-order valence-electron chi connectivity index (χ1n) is 6.49. The molecule has 0 saturated heterocycles. The summed E-state index contributed by atoms with van der Waals surface area (Å²) in [7, 11) is 0. The van der Waals surface area contributed by atoms with E-state index < -0.39 is 6.10 Å². The first kappa shape index (κ1) is 13.6. The van der Waals surface area contributed by atoms with Gasteiger partial charge in [-0.1, -0.05) is 38.1 Å². The largest absolute Gasteiger partial charge is 0.384 e. The summed E-state index contributed by atoms with van der Waals surface area (Å²) < 4.78 is 0. The van der Waals surface area contributed by atoms with E-state index in [2.05, 4.69) is 18.8 Å². The number of anilines is 1. The lowest BCUT2D eigenvalue weighted by Crippen LogP contribution is -2.07. The molecule has 100 valence electrons. The molecule has 0 aliphatic heterocycles.